The Morgan fingerprint density at radius 1 is 1.09 bits per heavy atom. The maximum absolute atomic E-state index is 13.4. The number of halogens is 2. The predicted octanol–water partition coefficient (Wildman–Crippen LogP) is 3.39. The lowest BCUT2D eigenvalue weighted by Gasteiger charge is -2.07. The molecule has 23 heavy (non-hydrogen) atoms. The first kappa shape index (κ1) is 17.3. The van der Waals surface area contributed by atoms with Gasteiger partial charge in [0.1, 0.15) is 17.4 Å². The van der Waals surface area contributed by atoms with E-state index >= 15 is 0 Å². The topological polar surface area (TPSA) is 38.3 Å². The summed E-state index contributed by atoms with van der Waals surface area (Å²) in [5, 5.41) is 2.71. The van der Waals surface area contributed by atoms with Crippen molar-refractivity contribution >= 4 is 17.7 Å². The third-order valence-corrected chi connectivity index (χ3v) is 3.98. The van der Waals surface area contributed by atoms with Gasteiger partial charge < -0.3 is 10.1 Å². The van der Waals surface area contributed by atoms with Gasteiger partial charge in [0.05, 0.1) is 0 Å². The van der Waals surface area contributed by atoms with E-state index in [4.69, 9.17) is 4.74 Å². The second kappa shape index (κ2) is 9.15. The summed E-state index contributed by atoms with van der Waals surface area (Å²) < 4.78 is 31.3. The van der Waals surface area contributed by atoms with Crippen molar-refractivity contribution < 1.29 is 18.3 Å². The molecule has 0 saturated carbocycles. The minimum absolute atomic E-state index is 0.121. The Balaban J connectivity index is 1.58. The predicted molar refractivity (Wildman–Crippen MR) is 87.5 cm³/mol. The average molecular weight is 337 g/mol. The van der Waals surface area contributed by atoms with Crippen molar-refractivity contribution in [3.05, 3.63) is 65.7 Å². The van der Waals surface area contributed by atoms with Gasteiger partial charge in [-0.3, -0.25) is 4.79 Å². The molecule has 0 aliphatic carbocycles. The Morgan fingerprint density at radius 2 is 1.83 bits per heavy atom. The van der Waals surface area contributed by atoms with Crippen molar-refractivity contribution in [2.75, 3.05) is 18.9 Å². The Bertz CT molecular complexity index is 635. The number of hydrogen-bond donors (Lipinski definition) is 1. The molecule has 0 unspecified atom stereocenters. The Hall–Kier alpha value is -2.08. The van der Waals surface area contributed by atoms with E-state index < -0.39 is 0 Å². The standard InChI is InChI=1S/C17H17F2NO2S/c18-14-5-7-15(8-6-14)22-11-17(21)20-9-10-23-12-13-3-1-2-4-16(13)19/h1-8H,9-12H2,(H,20,21). The van der Waals surface area contributed by atoms with Crippen molar-refractivity contribution in [3.63, 3.8) is 0 Å². The molecule has 0 bridgehead atoms. The molecule has 0 aliphatic heterocycles. The summed E-state index contributed by atoms with van der Waals surface area (Å²) in [6, 6.07) is 12.1. The van der Waals surface area contributed by atoms with Crippen LogP contribution in [0.15, 0.2) is 48.5 Å². The minimum atomic E-state index is -0.353. The van der Waals surface area contributed by atoms with E-state index in [1.807, 2.05) is 0 Å². The highest BCUT2D eigenvalue weighted by molar-refractivity contribution is 7.98. The van der Waals surface area contributed by atoms with Crippen LogP contribution in [-0.4, -0.2) is 24.8 Å². The maximum atomic E-state index is 13.4. The van der Waals surface area contributed by atoms with Crippen molar-refractivity contribution in [2.45, 2.75) is 5.75 Å². The van der Waals surface area contributed by atoms with Gasteiger partial charge in [0, 0.05) is 18.1 Å². The number of ether oxygens (including phenoxy) is 1. The fourth-order valence-electron chi connectivity index (χ4n) is 1.79. The first-order valence-corrected chi connectivity index (χ1v) is 8.27. The van der Waals surface area contributed by atoms with Gasteiger partial charge in [-0.1, -0.05) is 18.2 Å². The van der Waals surface area contributed by atoms with Crippen LogP contribution in [0.25, 0.3) is 0 Å². The number of hydrogen-bond acceptors (Lipinski definition) is 3. The molecule has 0 aromatic heterocycles. The highest BCUT2D eigenvalue weighted by Crippen LogP contribution is 2.14. The number of thioether (sulfide) groups is 1. The van der Waals surface area contributed by atoms with Crippen LogP contribution in [0.5, 0.6) is 5.75 Å². The van der Waals surface area contributed by atoms with Crippen molar-refractivity contribution in [2.24, 2.45) is 0 Å². The molecular formula is C17H17F2NO2S. The van der Waals surface area contributed by atoms with Gasteiger partial charge in [-0.25, -0.2) is 8.78 Å². The summed E-state index contributed by atoms with van der Waals surface area (Å²) in [4.78, 5) is 11.6. The summed E-state index contributed by atoms with van der Waals surface area (Å²) in [6.07, 6.45) is 0. The number of carbonyl (C=O) groups is 1. The molecule has 0 fully saturated rings. The van der Waals surface area contributed by atoms with Gasteiger partial charge in [0.15, 0.2) is 6.61 Å². The number of rotatable bonds is 8. The van der Waals surface area contributed by atoms with Gasteiger partial charge in [-0.05, 0) is 35.9 Å². The zero-order valence-electron chi connectivity index (χ0n) is 12.4. The van der Waals surface area contributed by atoms with Gasteiger partial charge >= 0.3 is 0 Å². The van der Waals surface area contributed by atoms with Crippen LogP contribution < -0.4 is 10.1 Å². The van der Waals surface area contributed by atoms with Crippen LogP contribution in [0.3, 0.4) is 0 Å². The third kappa shape index (κ3) is 6.28. The fourth-order valence-corrected chi connectivity index (χ4v) is 2.64. The lowest BCUT2D eigenvalue weighted by Crippen LogP contribution is -2.30. The van der Waals surface area contributed by atoms with Crippen LogP contribution in [0.4, 0.5) is 8.78 Å². The van der Waals surface area contributed by atoms with E-state index in [-0.39, 0.29) is 24.1 Å². The second-order valence-electron chi connectivity index (χ2n) is 4.74. The van der Waals surface area contributed by atoms with E-state index in [0.29, 0.717) is 29.4 Å². The third-order valence-electron chi connectivity index (χ3n) is 2.97. The van der Waals surface area contributed by atoms with Crippen molar-refractivity contribution in [1.29, 1.82) is 0 Å². The molecular weight excluding hydrogens is 320 g/mol. The van der Waals surface area contributed by atoms with Crippen LogP contribution in [0.1, 0.15) is 5.56 Å². The molecule has 2 aromatic rings. The van der Waals surface area contributed by atoms with E-state index in [0.717, 1.165) is 0 Å². The maximum Gasteiger partial charge on any atom is 0.257 e. The average Bonchev–Trinajstić information content (AvgIpc) is 2.55. The first-order valence-electron chi connectivity index (χ1n) is 7.11. The molecule has 2 rings (SSSR count). The lowest BCUT2D eigenvalue weighted by molar-refractivity contribution is -0.122. The molecule has 0 saturated heterocycles. The highest BCUT2D eigenvalue weighted by atomic mass is 32.2. The van der Waals surface area contributed by atoms with Gasteiger partial charge in [-0.15, -0.1) is 0 Å². The minimum Gasteiger partial charge on any atom is -0.484 e. The monoisotopic (exact) mass is 337 g/mol. The molecule has 0 radical (unpaired) electrons. The Labute approximate surface area is 138 Å². The number of amides is 1. The summed E-state index contributed by atoms with van der Waals surface area (Å²) in [5.74, 6) is 0.868. The first-order chi connectivity index (χ1) is 11.1. The van der Waals surface area contributed by atoms with Crippen LogP contribution in [-0.2, 0) is 10.5 Å². The number of carbonyl (C=O) groups excluding carboxylic acids is 1. The summed E-state index contributed by atoms with van der Waals surface area (Å²) >= 11 is 1.54. The molecule has 0 atom stereocenters. The quantitative estimate of drug-likeness (QED) is 0.751. The summed E-state index contributed by atoms with van der Waals surface area (Å²) in [6.45, 7) is 0.355. The molecule has 1 N–H and O–H groups in total. The van der Waals surface area contributed by atoms with E-state index in [1.54, 1.807) is 30.0 Å². The van der Waals surface area contributed by atoms with Crippen LogP contribution in [0, 0.1) is 11.6 Å². The van der Waals surface area contributed by atoms with Gasteiger partial charge in [0.25, 0.3) is 5.91 Å². The highest BCUT2D eigenvalue weighted by Gasteiger charge is 2.03. The number of benzene rings is 2. The van der Waals surface area contributed by atoms with Gasteiger partial charge in [0.2, 0.25) is 0 Å². The molecule has 3 nitrogen and oxygen atoms in total. The van der Waals surface area contributed by atoms with E-state index in [9.17, 15) is 13.6 Å². The Morgan fingerprint density at radius 3 is 2.57 bits per heavy atom. The van der Waals surface area contributed by atoms with Crippen molar-refractivity contribution in [1.82, 2.24) is 5.32 Å². The second-order valence-corrected chi connectivity index (χ2v) is 5.84. The lowest BCUT2D eigenvalue weighted by atomic mass is 10.2. The van der Waals surface area contributed by atoms with Crippen LogP contribution >= 0.6 is 11.8 Å². The van der Waals surface area contributed by atoms with E-state index in [2.05, 4.69) is 5.32 Å². The fraction of sp³-hybridized carbons (Fsp3) is 0.235. The summed E-state index contributed by atoms with van der Waals surface area (Å²) in [5.41, 5.74) is 0.656. The molecule has 0 heterocycles. The number of nitrogens with one attached hydrogen (secondary N) is 1. The normalized spacial score (nSPS) is 10.3. The SMILES string of the molecule is O=C(COc1ccc(F)cc1)NCCSCc1ccccc1F. The molecule has 2 aromatic carbocycles. The van der Waals surface area contributed by atoms with Crippen molar-refractivity contribution in [3.8, 4) is 5.75 Å². The van der Waals surface area contributed by atoms with Gasteiger partial charge in [-0.2, -0.15) is 11.8 Å². The zero-order valence-corrected chi connectivity index (χ0v) is 13.2. The zero-order chi connectivity index (χ0) is 16.5. The molecule has 6 heteroatoms. The largest absolute Gasteiger partial charge is 0.484 e. The Kier molecular flexibility index (Phi) is 6.87. The molecule has 0 spiro atoms. The smallest absolute Gasteiger partial charge is 0.257 e. The molecule has 1 amide bonds. The van der Waals surface area contributed by atoms with E-state index in [1.165, 1.54) is 30.3 Å². The molecule has 122 valence electrons. The summed E-state index contributed by atoms with van der Waals surface area (Å²) in [7, 11) is 0. The molecule has 0 aliphatic rings. The van der Waals surface area contributed by atoms with Crippen LogP contribution in [0.2, 0.25) is 0 Å².